The lowest BCUT2D eigenvalue weighted by molar-refractivity contribution is -0.123. The Morgan fingerprint density at radius 3 is 2.33 bits per heavy atom. The zero-order valence-corrected chi connectivity index (χ0v) is 9.50. The van der Waals surface area contributed by atoms with Crippen molar-refractivity contribution in [3.63, 3.8) is 0 Å². The number of nitrogens with one attached hydrogen (secondary N) is 1. The van der Waals surface area contributed by atoms with Crippen molar-refractivity contribution in [2.24, 2.45) is 0 Å². The number of amides is 1. The summed E-state index contributed by atoms with van der Waals surface area (Å²) in [5, 5.41) is 11.0. The SMILES string of the molecule is CCNC(=O)COc1c(F)cc(C(=O)O)cc1F. The molecule has 0 atom stereocenters. The van der Waals surface area contributed by atoms with E-state index in [0.717, 1.165) is 0 Å². The number of benzene rings is 1. The number of rotatable bonds is 5. The molecule has 7 heteroatoms. The first kappa shape index (κ1) is 13.9. The molecule has 1 amide bonds. The summed E-state index contributed by atoms with van der Waals surface area (Å²) in [5.41, 5.74) is -0.532. The predicted octanol–water partition coefficient (Wildman–Crippen LogP) is 1.18. The Hall–Kier alpha value is -2.18. The van der Waals surface area contributed by atoms with Crippen LogP contribution < -0.4 is 10.1 Å². The van der Waals surface area contributed by atoms with Crippen molar-refractivity contribution >= 4 is 11.9 Å². The molecule has 0 fully saturated rings. The minimum absolute atomic E-state index is 0.366. The Balaban J connectivity index is 2.84. The molecule has 0 spiro atoms. The van der Waals surface area contributed by atoms with Crippen molar-refractivity contribution in [3.8, 4) is 5.75 Å². The first-order chi connectivity index (χ1) is 8.45. The van der Waals surface area contributed by atoms with Crippen LogP contribution in [0.25, 0.3) is 0 Å². The molecule has 2 N–H and O–H groups in total. The fourth-order valence-electron chi connectivity index (χ4n) is 1.21. The smallest absolute Gasteiger partial charge is 0.335 e. The normalized spacial score (nSPS) is 9.94. The van der Waals surface area contributed by atoms with Crippen LogP contribution in [0.4, 0.5) is 8.78 Å². The maximum Gasteiger partial charge on any atom is 0.335 e. The van der Waals surface area contributed by atoms with Crippen LogP contribution in [0.5, 0.6) is 5.75 Å². The fraction of sp³-hybridized carbons (Fsp3) is 0.273. The average molecular weight is 259 g/mol. The molecule has 0 aromatic heterocycles. The largest absolute Gasteiger partial charge is 0.478 e. The molecule has 1 aromatic carbocycles. The number of likely N-dealkylation sites (N-methyl/N-ethyl adjacent to an activating group) is 1. The summed E-state index contributed by atoms with van der Waals surface area (Å²) < 4.78 is 31.4. The van der Waals surface area contributed by atoms with E-state index in [1.54, 1.807) is 6.92 Å². The topological polar surface area (TPSA) is 75.6 Å². The number of carboxylic acids is 1. The van der Waals surface area contributed by atoms with Gasteiger partial charge in [-0.25, -0.2) is 13.6 Å². The Morgan fingerprint density at radius 2 is 1.89 bits per heavy atom. The highest BCUT2D eigenvalue weighted by molar-refractivity contribution is 5.87. The monoisotopic (exact) mass is 259 g/mol. The molecule has 5 nitrogen and oxygen atoms in total. The summed E-state index contributed by atoms with van der Waals surface area (Å²) >= 11 is 0. The van der Waals surface area contributed by atoms with E-state index in [4.69, 9.17) is 5.11 Å². The second kappa shape index (κ2) is 5.95. The van der Waals surface area contributed by atoms with Crippen LogP contribution in [0.2, 0.25) is 0 Å². The van der Waals surface area contributed by atoms with Crippen LogP contribution in [0, 0.1) is 11.6 Å². The Morgan fingerprint density at radius 1 is 1.33 bits per heavy atom. The van der Waals surface area contributed by atoms with E-state index in [0.29, 0.717) is 18.7 Å². The zero-order chi connectivity index (χ0) is 13.7. The van der Waals surface area contributed by atoms with Crippen LogP contribution in [-0.2, 0) is 4.79 Å². The van der Waals surface area contributed by atoms with Crippen molar-refractivity contribution in [1.82, 2.24) is 5.32 Å². The molecule has 0 radical (unpaired) electrons. The summed E-state index contributed by atoms with van der Waals surface area (Å²) in [4.78, 5) is 21.6. The Bertz CT molecular complexity index is 453. The molecule has 0 aliphatic heterocycles. The summed E-state index contributed by atoms with van der Waals surface area (Å²) in [6.45, 7) is 1.50. The van der Waals surface area contributed by atoms with Gasteiger partial charge in [0, 0.05) is 6.54 Å². The summed E-state index contributed by atoms with van der Waals surface area (Å²) in [5.74, 6) is -5.10. The van der Waals surface area contributed by atoms with Gasteiger partial charge in [-0.3, -0.25) is 4.79 Å². The molecular formula is C11H11F2NO4. The number of ether oxygens (including phenoxy) is 1. The van der Waals surface area contributed by atoms with Gasteiger partial charge in [0.2, 0.25) is 0 Å². The Labute approximate surface area is 101 Å². The molecule has 0 aliphatic rings. The molecule has 18 heavy (non-hydrogen) atoms. The number of aromatic carboxylic acids is 1. The molecule has 0 aliphatic carbocycles. The number of halogens is 2. The van der Waals surface area contributed by atoms with Crippen LogP contribution in [0.15, 0.2) is 12.1 Å². The van der Waals surface area contributed by atoms with E-state index in [-0.39, 0.29) is 0 Å². The predicted molar refractivity (Wildman–Crippen MR) is 57.5 cm³/mol. The maximum absolute atomic E-state index is 13.3. The lowest BCUT2D eigenvalue weighted by Gasteiger charge is -2.08. The number of carboxylic acid groups (broad SMARTS) is 1. The van der Waals surface area contributed by atoms with Gasteiger partial charge in [0.25, 0.3) is 5.91 Å². The lowest BCUT2D eigenvalue weighted by Crippen LogP contribution is -2.28. The molecular weight excluding hydrogens is 248 g/mol. The molecule has 0 bridgehead atoms. The fourth-order valence-corrected chi connectivity index (χ4v) is 1.21. The van der Waals surface area contributed by atoms with Crippen LogP contribution in [0.1, 0.15) is 17.3 Å². The molecule has 0 heterocycles. The molecule has 0 unspecified atom stereocenters. The van der Waals surface area contributed by atoms with Gasteiger partial charge < -0.3 is 15.2 Å². The highest BCUT2D eigenvalue weighted by Gasteiger charge is 2.16. The lowest BCUT2D eigenvalue weighted by atomic mass is 10.2. The third-order valence-corrected chi connectivity index (χ3v) is 1.97. The van der Waals surface area contributed by atoms with E-state index in [2.05, 4.69) is 10.1 Å². The van der Waals surface area contributed by atoms with Crippen LogP contribution in [-0.4, -0.2) is 30.1 Å². The van der Waals surface area contributed by atoms with Gasteiger partial charge in [0.15, 0.2) is 24.0 Å². The minimum Gasteiger partial charge on any atom is -0.478 e. The van der Waals surface area contributed by atoms with Crippen molar-refractivity contribution in [3.05, 3.63) is 29.3 Å². The van der Waals surface area contributed by atoms with Gasteiger partial charge in [-0.2, -0.15) is 0 Å². The van der Waals surface area contributed by atoms with Crippen LogP contribution >= 0.6 is 0 Å². The van der Waals surface area contributed by atoms with Crippen molar-refractivity contribution in [2.75, 3.05) is 13.2 Å². The minimum atomic E-state index is -1.46. The highest BCUT2D eigenvalue weighted by Crippen LogP contribution is 2.23. The second-order valence-corrected chi connectivity index (χ2v) is 3.32. The van der Waals surface area contributed by atoms with Gasteiger partial charge in [-0.1, -0.05) is 0 Å². The molecule has 1 aromatic rings. The van der Waals surface area contributed by atoms with Crippen LogP contribution in [0.3, 0.4) is 0 Å². The third kappa shape index (κ3) is 3.41. The molecule has 1 rings (SSSR count). The first-order valence-corrected chi connectivity index (χ1v) is 5.07. The number of carbonyl (C=O) groups excluding carboxylic acids is 1. The van der Waals surface area contributed by atoms with Gasteiger partial charge >= 0.3 is 5.97 Å². The number of hydrogen-bond donors (Lipinski definition) is 2. The highest BCUT2D eigenvalue weighted by atomic mass is 19.1. The van der Waals surface area contributed by atoms with E-state index < -0.39 is 41.4 Å². The van der Waals surface area contributed by atoms with Gasteiger partial charge in [0.1, 0.15) is 0 Å². The standard InChI is InChI=1S/C11H11F2NO4/c1-2-14-9(15)5-18-10-7(12)3-6(11(16)17)4-8(10)13/h3-4H,2,5H2,1H3,(H,14,15)(H,16,17). The van der Waals surface area contributed by atoms with Gasteiger partial charge in [0.05, 0.1) is 5.56 Å². The Kier molecular flexibility index (Phi) is 4.59. The van der Waals surface area contributed by atoms with Gasteiger partial charge in [-0.05, 0) is 19.1 Å². The third-order valence-electron chi connectivity index (χ3n) is 1.97. The zero-order valence-electron chi connectivity index (χ0n) is 9.50. The summed E-state index contributed by atoms with van der Waals surface area (Å²) in [6, 6.07) is 1.25. The van der Waals surface area contributed by atoms with E-state index in [9.17, 15) is 18.4 Å². The number of carbonyl (C=O) groups is 2. The average Bonchev–Trinajstić information content (AvgIpc) is 2.27. The second-order valence-electron chi connectivity index (χ2n) is 3.32. The van der Waals surface area contributed by atoms with E-state index in [1.807, 2.05) is 0 Å². The van der Waals surface area contributed by atoms with Gasteiger partial charge in [-0.15, -0.1) is 0 Å². The van der Waals surface area contributed by atoms with E-state index >= 15 is 0 Å². The van der Waals surface area contributed by atoms with Crippen molar-refractivity contribution in [1.29, 1.82) is 0 Å². The van der Waals surface area contributed by atoms with E-state index in [1.165, 1.54) is 0 Å². The van der Waals surface area contributed by atoms with Crippen molar-refractivity contribution in [2.45, 2.75) is 6.92 Å². The molecule has 98 valence electrons. The summed E-state index contributed by atoms with van der Waals surface area (Å²) in [6.07, 6.45) is 0. The van der Waals surface area contributed by atoms with Crippen molar-refractivity contribution < 1.29 is 28.2 Å². The quantitative estimate of drug-likeness (QED) is 0.832. The first-order valence-electron chi connectivity index (χ1n) is 5.07. The summed E-state index contributed by atoms with van der Waals surface area (Å²) in [7, 11) is 0. The molecule has 0 saturated heterocycles. The number of hydrogen-bond acceptors (Lipinski definition) is 3. The maximum atomic E-state index is 13.3. The molecule has 0 saturated carbocycles.